The average molecular weight is 250 g/mol. The summed E-state index contributed by atoms with van der Waals surface area (Å²) in [5.41, 5.74) is 0. The fourth-order valence-corrected chi connectivity index (χ4v) is 0.756. The van der Waals surface area contributed by atoms with Gasteiger partial charge in [-0.25, -0.2) is 0 Å². The molecule has 3 rings (SSSR count). The summed E-state index contributed by atoms with van der Waals surface area (Å²) in [6.07, 6.45) is 1.37. The quantitative estimate of drug-likeness (QED) is 0.620. The highest BCUT2D eigenvalue weighted by Gasteiger charge is 2.26. The molecular weight excluding hydrogens is 228 g/mol. The van der Waals surface area contributed by atoms with Crippen LogP contribution in [0.15, 0.2) is 0 Å². The van der Waals surface area contributed by atoms with Crippen molar-refractivity contribution in [2.75, 3.05) is 46.2 Å². The average Bonchev–Trinajstić information content (AvgIpc) is 3.12. The second kappa shape index (κ2) is 8.79. The Morgan fingerprint density at radius 2 is 1.29 bits per heavy atom. The van der Waals surface area contributed by atoms with Gasteiger partial charge in [0.05, 0.1) is 52.4 Å². The second-order valence-electron chi connectivity index (χ2n) is 4.04. The van der Waals surface area contributed by atoms with Crippen LogP contribution in [0, 0.1) is 0 Å². The van der Waals surface area contributed by atoms with Gasteiger partial charge in [0, 0.05) is 0 Å². The van der Waals surface area contributed by atoms with Gasteiger partial charge in [-0.05, 0) is 6.92 Å². The highest BCUT2D eigenvalue weighted by molar-refractivity contribution is 4.71. The maximum atomic E-state index is 7.62. The molecule has 3 atom stereocenters. The molecule has 3 aliphatic heterocycles. The van der Waals surface area contributed by atoms with Crippen LogP contribution in [0.5, 0.6) is 0 Å². The minimum absolute atomic E-state index is 0.125. The molecule has 6 heteroatoms. The first kappa shape index (κ1) is 14.8. The molecule has 3 saturated heterocycles. The molecule has 0 bridgehead atoms. The van der Waals surface area contributed by atoms with Crippen LogP contribution >= 0.6 is 0 Å². The summed E-state index contributed by atoms with van der Waals surface area (Å²) in [7, 11) is 0. The third-order valence-electron chi connectivity index (χ3n) is 2.01. The van der Waals surface area contributed by atoms with Crippen molar-refractivity contribution >= 4 is 0 Å². The highest BCUT2D eigenvalue weighted by atomic mass is 16.6. The van der Waals surface area contributed by atoms with E-state index in [0.29, 0.717) is 18.3 Å². The van der Waals surface area contributed by atoms with Crippen LogP contribution in [0.4, 0.5) is 0 Å². The van der Waals surface area contributed by atoms with Crippen molar-refractivity contribution < 1.29 is 29.2 Å². The zero-order valence-electron chi connectivity index (χ0n) is 10.2. The van der Waals surface area contributed by atoms with Crippen LogP contribution in [0.2, 0.25) is 0 Å². The van der Waals surface area contributed by atoms with Crippen molar-refractivity contribution in [2.45, 2.75) is 25.2 Å². The number of ether oxygens (including phenoxy) is 4. The first-order valence-corrected chi connectivity index (χ1v) is 5.90. The highest BCUT2D eigenvalue weighted by Crippen LogP contribution is 2.12. The Bertz CT molecular complexity index is 163. The van der Waals surface area contributed by atoms with Gasteiger partial charge in [-0.3, -0.25) is 0 Å². The SMILES string of the molecule is C(OCC1CO1)C1CO1.CC1CO1.OCCO. The van der Waals surface area contributed by atoms with Crippen molar-refractivity contribution in [1.29, 1.82) is 0 Å². The molecule has 0 aromatic heterocycles. The minimum atomic E-state index is -0.125. The summed E-state index contributed by atoms with van der Waals surface area (Å²) in [6.45, 7) is 6.05. The predicted octanol–water partition coefficient (Wildman–Crippen LogP) is -0.823. The van der Waals surface area contributed by atoms with Gasteiger partial charge in [0.1, 0.15) is 12.2 Å². The van der Waals surface area contributed by atoms with Crippen LogP contribution in [0.3, 0.4) is 0 Å². The van der Waals surface area contributed by atoms with Crippen LogP contribution in [0.25, 0.3) is 0 Å². The monoisotopic (exact) mass is 250 g/mol. The molecule has 0 spiro atoms. The Morgan fingerprint density at radius 1 is 0.941 bits per heavy atom. The summed E-state index contributed by atoms with van der Waals surface area (Å²) in [6, 6.07) is 0. The lowest BCUT2D eigenvalue weighted by atomic mass is 10.5. The molecule has 2 N–H and O–H groups in total. The van der Waals surface area contributed by atoms with Gasteiger partial charge in [-0.1, -0.05) is 0 Å². The fourth-order valence-electron chi connectivity index (χ4n) is 0.756. The van der Waals surface area contributed by atoms with Crippen LogP contribution < -0.4 is 0 Å². The summed E-state index contributed by atoms with van der Waals surface area (Å²) >= 11 is 0. The number of hydrogen-bond acceptors (Lipinski definition) is 6. The molecule has 17 heavy (non-hydrogen) atoms. The van der Waals surface area contributed by atoms with Crippen molar-refractivity contribution in [1.82, 2.24) is 0 Å². The molecule has 3 fully saturated rings. The van der Waals surface area contributed by atoms with E-state index in [1.54, 1.807) is 0 Å². The fraction of sp³-hybridized carbons (Fsp3) is 1.00. The Kier molecular flexibility index (Phi) is 7.67. The van der Waals surface area contributed by atoms with E-state index in [4.69, 9.17) is 29.2 Å². The van der Waals surface area contributed by atoms with Crippen molar-refractivity contribution in [3.05, 3.63) is 0 Å². The van der Waals surface area contributed by atoms with Crippen molar-refractivity contribution in [3.8, 4) is 0 Å². The van der Waals surface area contributed by atoms with Gasteiger partial charge in [-0.2, -0.15) is 0 Å². The smallest absolute Gasteiger partial charge is 0.104 e. The topological polar surface area (TPSA) is 87.3 Å². The molecule has 0 amide bonds. The number of aliphatic hydroxyl groups is 2. The Balaban J connectivity index is 0.000000152. The summed E-state index contributed by atoms with van der Waals surface area (Å²) in [5, 5.41) is 15.2. The predicted molar refractivity (Wildman–Crippen MR) is 59.9 cm³/mol. The Hall–Kier alpha value is -0.240. The molecule has 6 nitrogen and oxygen atoms in total. The van der Waals surface area contributed by atoms with E-state index in [0.717, 1.165) is 33.0 Å². The van der Waals surface area contributed by atoms with E-state index in [-0.39, 0.29) is 13.2 Å². The van der Waals surface area contributed by atoms with Crippen LogP contribution in [-0.4, -0.2) is 74.8 Å². The van der Waals surface area contributed by atoms with E-state index >= 15 is 0 Å². The van der Waals surface area contributed by atoms with Gasteiger partial charge in [0.2, 0.25) is 0 Å². The number of epoxide rings is 3. The normalized spacial score (nSPS) is 31.6. The summed E-state index contributed by atoms with van der Waals surface area (Å²) in [4.78, 5) is 0. The van der Waals surface area contributed by atoms with Gasteiger partial charge in [-0.15, -0.1) is 0 Å². The van der Waals surface area contributed by atoms with Crippen molar-refractivity contribution in [2.24, 2.45) is 0 Å². The molecule has 0 saturated carbocycles. The molecule has 3 heterocycles. The lowest BCUT2D eigenvalue weighted by Gasteiger charge is -1.95. The van der Waals surface area contributed by atoms with E-state index in [9.17, 15) is 0 Å². The number of aliphatic hydroxyl groups excluding tert-OH is 2. The maximum Gasteiger partial charge on any atom is 0.104 e. The molecular formula is C11H22O6. The third-order valence-corrected chi connectivity index (χ3v) is 2.01. The standard InChI is InChI=1S/C6H10O3.C3H6O.C2H6O2/c1(5-3-8-5)7-2-6-4-9-6;1-3-2-4-3;3-1-2-4/h5-6H,1-4H2;3H,2H2,1H3;3-4H,1-2H2. The van der Waals surface area contributed by atoms with Crippen LogP contribution in [-0.2, 0) is 18.9 Å². The molecule has 3 unspecified atom stereocenters. The molecule has 3 aliphatic rings. The molecule has 0 aromatic rings. The van der Waals surface area contributed by atoms with E-state index in [2.05, 4.69) is 6.92 Å². The Labute approximate surface area is 101 Å². The number of hydrogen-bond donors (Lipinski definition) is 2. The Morgan fingerprint density at radius 3 is 1.47 bits per heavy atom. The summed E-state index contributed by atoms with van der Waals surface area (Å²) < 4.78 is 19.8. The largest absolute Gasteiger partial charge is 0.394 e. The maximum absolute atomic E-state index is 7.62. The zero-order valence-corrected chi connectivity index (χ0v) is 10.2. The first-order chi connectivity index (χ1) is 8.26. The molecule has 102 valence electrons. The first-order valence-electron chi connectivity index (χ1n) is 5.90. The zero-order chi connectivity index (χ0) is 12.5. The number of rotatable bonds is 5. The third kappa shape index (κ3) is 12.0. The van der Waals surface area contributed by atoms with Gasteiger partial charge in [0.25, 0.3) is 0 Å². The minimum Gasteiger partial charge on any atom is -0.394 e. The van der Waals surface area contributed by atoms with Gasteiger partial charge < -0.3 is 29.2 Å². The second-order valence-corrected chi connectivity index (χ2v) is 4.04. The lowest BCUT2D eigenvalue weighted by molar-refractivity contribution is 0.102. The van der Waals surface area contributed by atoms with Gasteiger partial charge in [0.15, 0.2) is 0 Å². The van der Waals surface area contributed by atoms with E-state index in [1.165, 1.54) is 0 Å². The van der Waals surface area contributed by atoms with E-state index in [1.807, 2.05) is 0 Å². The molecule has 0 aliphatic carbocycles. The van der Waals surface area contributed by atoms with Crippen molar-refractivity contribution in [3.63, 3.8) is 0 Å². The van der Waals surface area contributed by atoms with Crippen LogP contribution in [0.1, 0.15) is 6.92 Å². The lowest BCUT2D eigenvalue weighted by Crippen LogP contribution is -2.06. The van der Waals surface area contributed by atoms with E-state index < -0.39 is 0 Å². The summed E-state index contributed by atoms with van der Waals surface area (Å²) in [5.74, 6) is 0. The van der Waals surface area contributed by atoms with Gasteiger partial charge >= 0.3 is 0 Å². The molecule has 0 aromatic carbocycles. The molecule has 0 radical (unpaired) electrons.